The number of rotatable bonds is 22. The fourth-order valence-corrected chi connectivity index (χ4v) is 7.63. The van der Waals surface area contributed by atoms with Gasteiger partial charge in [0.1, 0.15) is 66.1 Å². The first-order valence-corrected chi connectivity index (χ1v) is 25.0. The number of nitroso groups, excluding NO2 is 4. The second-order valence-electron chi connectivity index (χ2n) is 14.7. The lowest BCUT2D eigenvalue weighted by molar-refractivity contribution is -0.252. The SMILES string of the molecule is CCOP(=O)(OCC)C(C)NC(=O)N(CCCl)N=O.CN(N=O)C(=O)N[C@@H]1[C@@H](O)[C@H](O)[C@@H](CO)O[C@@H]1O.Cc1ncc(CNC(=O)N(CCCl)N=O)c(N)n1.O=NN(CCCl)C(=O)N[C@@H]1[C@@H](O)[C@H](O)[C@@H](CO)O[C@@H]1O. The number of nitrogens with zero attached hydrogens (tertiary/aromatic N) is 10. The predicted octanol–water partition coefficient (Wildman–Crippen LogP) is -1.84. The number of carbonyl (C=O) groups is 4. The Morgan fingerprint density at radius 3 is 1.52 bits per heavy atom. The highest BCUT2D eigenvalue weighted by atomic mass is 35.5. The van der Waals surface area contributed by atoms with Crippen LogP contribution in [-0.4, -0.2) is 233 Å². The molecule has 0 bridgehead atoms. The van der Waals surface area contributed by atoms with Gasteiger partial charge in [-0.25, -0.2) is 29.1 Å². The van der Waals surface area contributed by atoms with Crippen molar-refractivity contribution in [3.05, 3.63) is 37.2 Å². The molecule has 0 spiro atoms. The first-order chi connectivity index (χ1) is 35.4. The summed E-state index contributed by atoms with van der Waals surface area (Å²) in [5, 5.41) is 96.4. The summed E-state index contributed by atoms with van der Waals surface area (Å²) < 4.78 is 32.1. The summed E-state index contributed by atoms with van der Waals surface area (Å²) in [6.45, 7) is 5.55. The number of ether oxygens (including phenoxy) is 2. The average Bonchev–Trinajstić information content (AvgIpc) is 3.38. The van der Waals surface area contributed by atoms with Crippen molar-refractivity contribution in [2.75, 3.05) is 76.5 Å². The van der Waals surface area contributed by atoms with E-state index in [9.17, 15) is 74.0 Å². The number of nitrogens with one attached hydrogen (secondary N) is 4. The van der Waals surface area contributed by atoms with Gasteiger partial charge in [0.25, 0.3) is 0 Å². The topological polar surface area (TPSA) is 515 Å². The van der Waals surface area contributed by atoms with E-state index in [1.807, 2.05) is 0 Å². The lowest BCUT2D eigenvalue weighted by Gasteiger charge is -2.40. The van der Waals surface area contributed by atoms with Gasteiger partial charge in [-0.15, -0.1) is 54.4 Å². The van der Waals surface area contributed by atoms with Crippen LogP contribution in [0.25, 0.3) is 0 Å². The first-order valence-electron chi connectivity index (χ1n) is 21.8. The van der Waals surface area contributed by atoms with E-state index in [2.05, 4.69) is 52.4 Å². The Morgan fingerprint density at radius 2 is 1.15 bits per heavy atom. The van der Waals surface area contributed by atoms with E-state index in [0.717, 1.165) is 7.05 Å². The van der Waals surface area contributed by atoms with Crippen LogP contribution in [0.5, 0.6) is 0 Å². The zero-order valence-corrected chi connectivity index (χ0v) is 43.9. The molecule has 75 heavy (non-hydrogen) atoms. The number of aromatic nitrogens is 2. The highest BCUT2D eigenvalue weighted by Crippen LogP contribution is 2.51. The van der Waals surface area contributed by atoms with Crippen LogP contribution in [-0.2, 0) is 29.6 Å². The quantitative estimate of drug-likeness (QED) is 0.0262. The number of hydrogen-bond donors (Lipinski definition) is 13. The van der Waals surface area contributed by atoms with Gasteiger partial charge in [0.15, 0.2) is 12.6 Å². The molecule has 2 fully saturated rings. The smallest absolute Gasteiger partial charge is 0.352 e. The Bertz CT molecular complexity index is 1980. The number of nitrogen functional groups attached to an aromatic ring is 1. The molecule has 36 nitrogen and oxygen atoms in total. The maximum absolute atomic E-state index is 12.3. The predicted molar refractivity (Wildman–Crippen MR) is 260 cm³/mol. The molecular weight excluding hydrogens is 1100 g/mol. The normalized spacial score (nSPS) is 23.2. The molecule has 0 saturated carbocycles. The van der Waals surface area contributed by atoms with Crippen molar-refractivity contribution in [1.29, 1.82) is 0 Å². The number of carbonyl (C=O) groups excluding carboxylic acids is 4. The number of aryl methyl sites for hydroxylation is 1. The minimum atomic E-state index is -3.47. The van der Waals surface area contributed by atoms with Crippen LogP contribution in [0.2, 0.25) is 0 Å². The summed E-state index contributed by atoms with van der Waals surface area (Å²) in [6, 6.07) is -6.18. The van der Waals surface area contributed by atoms with Crippen molar-refractivity contribution in [2.45, 2.75) is 101 Å². The summed E-state index contributed by atoms with van der Waals surface area (Å²) in [6.07, 6.45) is -10.3. The third-order valence-electron chi connectivity index (χ3n) is 9.56. The van der Waals surface area contributed by atoms with Crippen LogP contribution in [0.15, 0.2) is 27.3 Å². The van der Waals surface area contributed by atoms with Crippen molar-refractivity contribution in [1.82, 2.24) is 51.3 Å². The number of anilines is 1. The molecule has 1 unspecified atom stereocenters. The van der Waals surface area contributed by atoms with Gasteiger partial charge in [-0.3, -0.25) is 4.57 Å². The molecule has 2 aliphatic heterocycles. The maximum Gasteiger partial charge on any atom is 0.352 e. The molecule has 3 rings (SSSR count). The maximum atomic E-state index is 12.3. The minimum Gasteiger partial charge on any atom is -0.394 e. The van der Waals surface area contributed by atoms with Gasteiger partial charge < -0.3 is 86.4 Å². The summed E-state index contributed by atoms with van der Waals surface area (Å²) in [7, 11) is -2.40. The van der Waals surface area contributed by atoms with Crippen LogP contribution in [0.3, 0.4) is 0 Å². The van der Waals surface area contributed by atoms with E-state index in [4.69, 9.17) is 69.3 Å². The molecule has 0 aromatic carbocycles. The van der Waals surface area contributed by atoms with E-state index in [-0.39, 0.29) is 62.9 Å². The Balaban J connectivity index is 0.000000974. The highest BCUT2D eigenvalue weighted by molar-refractivity contribution is 7.54. The number of urea groups is 4. The van der Waals surface area contributed by atoms with Crippen LogP contribution in [0, 0.1) is 26.6 Å². The molecule has 40 heteroatoms. The average molecular weight is 1170 g/mol. The second-order valence-corrected chi connectivity index (χ2v) is 18.2. The van der Waals surface area contributed by atoms with E-state index in [1.54, 1.807) is 20.8 Å². The van der Waals surface area contributed by atoms with Crippen molar-refractivity contribution in [2.24, 2.45) is 21.1 Å². The number of alkyl halides is 3. The third kappa shape index (κ3) is 23.0. The van der Waals surface area contributed by atoms with E-state index in [1.165, 1.54) is 13.1 Å². The Morgan fingerprint density at radius 1 is 0.733 bits per heavy atom. The fourth-order valence-electron chi connectivity index (χ4n) is 5.64. The molecule has 1 aromatic heterocycles. The highest BCUT2D eigenvalue weighted by Gasteiger charge is 2.46. The lowest BCUT2D eigenvalue weighted by Crippen LogP contribution is -2.65. The van der Waals surface area contributed by atoms with Crippen molar-refractivity contribution in [3.63, 3.8) is 0 Å². The second kappa shape index (κ2) is 36.9. The van der Waals surface area contributed by atoms with Crippen molar-refractivity contribution >= 4 is 72.3 Å². The molecule has 8 amide bonds. The fraction of sp³-hybridized carbons (Fsp3) is 0.771. The third-order valence-corrected chi connectivity index (χ3v) is 12.4. The first kappa shape index (κ1) is 70.0. The Kier molecular flexibility index (Phi) is 34.4. The molecule has 2 aliphatic rings. The van der Waals surface area contributed by atoms with Crippen LogP contribution < -0.4 is 27.0 Å². The monoisotopic (exact) mass is 1170 g/mol. The van der Waals surface area contributed by atoms with Gasteiger partial charge in [0.2, 0.25) is 0 Å². The van der Waals surface area contributed by atoms with E-state index >= 15 is 0 Å². The molecule has 430 valence electrons. The number of nitrogens with two attached hydrogens (primary N) is 1. The van der Waals surface area contributed by atoms with Gasteiger partial charge in [-0.1, -0.05) is 0 Å². The summed E-state index contributed by atoms with van der Waals surface area (Å²) in [5.74, 6) is 0.0590. The molecule has 1 aromatic rings. The van der Waals surface area contributed by atoms with Gasteiger partial charge in [0, 0.05) is 43.0 Å². The van der Waals surface area contributed by atoms with E-state index < -0.39 is 112 Å². The number of hydrogen-bond acceptors (Lipinski definition) is 28. The zero-order valence-electron chi connectivity index (χ0n) is 40.7. The van der Waals surface area contributed by atoms with Crippen LogP contribution >= 0.6 is 42.4 Å². The number of aliphatic hydroxyl groups excluding tert-OH is 8. The van der Waals surface area contributed by atoms with Gasteiger partial charge in [-0.2, -0.15) is 20.0 Å². The number of halogens is 3. The Hall–Kier alpha value is -5.02. The zero-order chi connectivity index (χ0) is 57.6. The summed E-state index contributed by atoms with van der Waals surface area (Å²) in [4.78, 5) is 95.3. The molecule has 0 aliphatic carbocycles. The summed E-state index contributed by atoms with van der Waals surface area (Å²) in [5.41, 5.74) is 6.21. The van der Waals surface area contributed by atoms with Crippen molar-refractivity contribution < 1.29 is 83.1 Å². The van der Waals surface area contributed by atoms with Gasteiger partial charge in [-0.05, 0) is 27.7 Å². The Labute approximate surface area is 441 Å². The van der Waals surface area contributed by atoms with Crippen LogP contribution in [0.4, 0.5) is 25.0 Å². The molecular formula is C35H63Cl3N15O21P. The lowest BCUT2D eigenvalue weighted by atomic mass is 9.97. The van der Waals surface area contributed by atoms with Gasteiger partial charge in [0.05, 0.1) is 67.2 Å². The van der Waals surface area contributed by atoms with E-state index in [0.29, 0.717) is 31.4 Å². The van der Waals surface area contributed by atoms with Gasteiger partial charge >= 0.3 is 31.7 Å². The minimum absolute atomic E-state index is 0.0385. The molecule has 3 heterocycles. The molecule has 2 saturated heterocycles. The standard InChI is InChI=1S/C9H13ClN6O2.C9H16ClN3O7.C9H19ClN3O5P.C8H15N3O7/c1-6-12-4-7(8(11)14-6)5-13-9(17)16(15-18)3-2-10;10-1-2-13(12-19)9(18)11-5-7(16)6(15)4(3-14)20-8(5)17;1-4-17-19(16,18-5-2)8(3)11-9(14)13(12-15)7-6-10;1-11(10-17)8(16)9-4-6(14)5(13)3(2-12)18-7(4)15/h4H,2-3,5H2,1H3,(H,13,17)(H2,11,12,14);4-8,14-17H,1-3H2,(H,11,18);8H,4-7H2,1-3H3,(H,11,14);3-7,12-15H,2H2,1H3,(H,9,16)/t;4-,5-,6-,7-,8+;;3-,4-,5-,6-,7+/m.1.1/s1. The van der Waals surface area contributed by atoms with Crippen LogP contribution in [0.1, 0.15) is 32.2 Å². The summed E-state index contributed by atoms with van der Waals surface area (Å²) >= 11 is 16.2. The number of amides is 8. The molecule has 0 radical (unpaired) electrons. The van der Waals surface area contributed by atoms with Crippen molar-refractivity contribution in [3.8, 4) is 0 Å². The number of aliphatic hydroxyl groups is 8. The molecule has 11 atom stereocenters. The largest absolute Gasteiger partial charge is 0.394 e. The molecule has 14 N–H and O–H groups in total.